The molecule has 0 saturated carbocycles. The monoisotopic (exact) mass is 381 g/mol. The highest BCUT2D eigenvalue weighted by atomic mass is 16.2. The van der Waals surface area contributed by atoms with Crippen molar-refractivity contribution in [3.63, 3.8) is 0 Å². The topological polar surface area (TPSA) is 38.1 Å². The highest BCUT2D eigenvalue weighted by Gasteiger charge is 2.34. The highest BCUT2D eigenvalue weighted by Crippen LogP contribution is 2.33. The molecule has 1 fully saturated rings. The van der Waals surface area contributed by atoms with Crippen molar-refractivity contribution in [2.24, 2.45) is 0 Å². The lowest BCUT2D eigenvalue weighted by Crippen LogP contribution is -2.24. The molecule has 0 bridgehead atoms. The molecule has 1 aromatic heterocycles. The molecule has 1 aliphatic rings. The van der Waals surface area contributed by atoms with Crippen molar-refractivity contribution in [3.05, 3.63) is 95.8 Å². The summed E-state index contributed by atoms with van der Waals surface area (Å²) in [4.78, 5) is 19.6. The van der Waals surface area contributed by atoms with Crippen molar-refractivity contribution in [2.75, 3.05) is 11.4 Å². The van der Waals surface area contributed by atoms with Gasteiger partial charge in [0, 0.05) is 31.1 Å². The maximum absolute atomic E-state index is 12.8. The van der Waals surface area contributed by atoms with E-state index in [1.807, 2.05) is 41.3 Å². The van der Waals surface area contributed by atoms with E-state index in [9.17, 15) is 4.79 Å². The molecule has 0 N–H and O–H groups in total. The standard InChI is InChI=1S/C25H23N3O/c1-18-8-7-9-19(14-18)16-28-23-13-6-5-12-22(23)26-25(28)20-15-24(29)27(17-20)21-10-3-2-4-11-21/h2-14,20H,15-17H2,1H3/t20-/m1/s1. The van der Waals surface area contributed by atoms with Gasteiger partial charge < -0.3 is 9.47 Å². The molecule has 1 aliphatic heterocycles. The lowest BCUT2D eigenvalue weighted by atomic mass is 10.1. The first-order valence-corrected chi connectivity index (χ1v) is 10.0. The van der Waals surface area contributed by atoms with Crippen molar-refractivity contribution in [2.45, 2.75) is 25.8 Å². The molecular weight excluding hydrogens is 358 g/mol. The fourth-order valence-corrected chi connectivity index (χ4v) is 4.30. The Hall–Kier alpha value is -3.40. The Morgan fingerprint density at radius 1 is 0.966 bits per heavy atom. The number of fused-ring (bicyclic) bond motifs is 1. The smallest absolute Gasteiger partial charge is 0.227 e. The van der Waals surface area contributed by atoms with Crippen molar-refractivity contribution >= 4 is 22.6 Å². The molecule has 0 radical (unpaired) electrons. The third-order valence-corrected chi connectivity index (χ3v) is 5.67. The van der Waals surface area contributed by atoms with Gasteiger partial charge in [-0.05, 0) is 36.8 Å². The first-order valence-electron chi connectivity index (χ1n) is 10.0. The number of amides is 1. The van der Waals surface area contributed by atoms with Crippen LogP contribution in [0.15, 0.2) is 78.9 Å². The molecule has 144 valence electrons. The second-order valence-electron chi connectivity index (χ2n) is 7.77. The number of rotatable bonds is 4. The van der Waals surface area contributed by atoms with E-state index in [0.29, 0.717) is 13.0 Å². The molecule has 29 heavy (non-hydrogen) atoms. The summed E-state index contributed by atoms with van der Waals surface area (Å²) in [5, 5.41) is 0. The van der Waals surface area contributed by atoms with Crippen LogP contribution in [0.5, 0.6) is 0 Å². The third-order valence-electron chi connectivity index (χ3n) is 5.67. The van der Waals surface area contributed by atoms with Crippen LogP contribution in [-0.4, -0.2) is 22.0 Å². The molecule has 4 heteroatoms. The lowest BCUT2D eigenvalue weighted by molar-refractivity contribution is -0.117. The first kappa shape index (κ1) is 17.7. The normalized spacial score (nSPS) is 16.7. The zero-order chi connectivity index (χ0) is 19.8. The van der Waals surface area contributed by atoms with Gasteiger partial charge >= 0.3 is 0 Å². The van der Waals surface area contributed by atoms with Crippen molar-refractivity contribution < 1.29 is 4.79 Å². The summed E-state index contributed by atoms with van der Waals surface area (Å²) in [6, 6.07) is 26.7. The summed E-state index contributed by atoms with van der Waals surface area (Å²) in [5.74, 6) is 1.25. The van der Waals surface area contributed by atoms with Crippen LogP contribution in [0.1, 0.15) is 29.3 Å². The average Bonchev–Trinajstić information content (AvgIpc) is 3.30. The molecule has 4 aromatic rings. The van der Waals surface area contributed by atoms with Crippen LogP contribution in [0.4, 0.5) is 5.69 Å². The summed E-state index contributed by atoms with van der Waals surface area (Å²) in [6.07, 6.45) is 0.492. The van der Waals surface area contributed by atoms with Gasteiger partial charge in [0.25, 0.3) is 0 Å². The number of para-hydroxylation sites is 3. The number of aryl methyl sites for hydroxylation is 1. The average molecular weight is 381 g/mol. The van der Waals surface area contributed by atoms with E-state index in [1.165, 1.54) is 11.1 Å². The second-order valence-corrected chi connectivity index (χ2v) is 7.77. The minimum Gasteiger partial charge on any atom is -0.323 e. The summed E-state index contributed by atoms with van der Waals surface area (Å²) in [6.45, 7) is 3.54. The van der Waals surface area contributed by atoms with E-state index in [-0.39, 0.29) is 11.8 Å². The van der Waals surface area contributed by atoms with Crippen LogP contribution in [0, 0.1) is 6.92 Å². The zero-order valence-corrected chi connectivity index (χ0v) is 16.5. The predicted molar refractivity (Wildman–Crippen MR) is 116 cm³/mol. The minimum absolute atomic E-state index is 0.0833. The van der Waals surface area contributed by atoms with Gasteiger partial charge in [0.2, 0.25) is 5.91 Å². The van der Waals surface area contributed by atoms with E-state index in [1.54, 1.807) is 0 Å². The molecule has 1 amide bonds. The van der Waals surface area contributed by atoms with Gasteiger partial charge in [-0.3, -0.25) is 4.79 Å². The predicted octanol–water partition coefficient (Wildman–Crippen LogP) is 4.91. The number of hydrogen-bond acceptors (Lipinski definition) is 2. The summed E-state index contributed by atoms with van der Waals surface area (Å²) in [5.41, 5.74) is 5.56. The molecule has 0 spiro atoms. The SMILES string of the molecule is Cc1cccc(Cn2c([C@@H]3CC(=O)N(c4ccccc4)C3)nc3ccccc32)c1. The number of carbonyl (C=O) groups is 1. The largest absolute Gasteiger partial charge is 0.323 e. The number of anilines is 1. The molecule has 0 unspecified atom stereocenters. The van der Waals surface area contributed by atoms with Gasteiger partial charge in [0.15, 0.2) is 0 Å². The van der Waals surface area contributed by atoms with Gasteiger partial charge in [-0.15, -0.1) is 0 Å². The lowest BCUT2D eigenvalue weighted by Gasteiger charge is -2.17. The van der Waals surface area contributed by atoms with Crippen molar-refractivity contribution in [3.8, 4) is 0 Å². The second kappa shape index (κ2) is 7.21. The number of hydrogen-bond donors (Lipinski definition) is 0. The van der Waals surface area contributed by atoms with Gasteiger partial charge in [-0.1, -0.05) is 60.2 Å². The molecule has 1 atom stereocenters. The van der Waals surface area contributed by atoms with Crippen molar-refractivity contribution in [1.82, 2.24) is 9.55 Å². The Balaban J connectivity index is 1.54. The molecule has 0 aliphatic carbocycles. The zero-order valence-electron chi connectivity index (χ0n) is 16.5. The van der Waals surface area contributed by atoms with E-state index < -0.39 is 0 Å². The fraction of sp³-hybridized carbons (Fsp3) is 0.200. The van der Waals surface area contributed by atoms with Crippen LogP contribution >= 0.6 is 0 Å². The quantitative estimate of drug-likeness (QED) is 0.504. The van der Waals surface area contributed by atoms with Gasteiger partial charge in [0.1, 0.15) is 5.82 Å². The summed E-state index contributed by atoms with van der Waals surface area (Å²) in [7, 11) is 0. The molecule has 5 rings (SSSR count). The van der Waals surface area contributed by atoms with Crippen LogP contribution in [0.25, 0.3) is 11.0 Å². The van der Waals surface area contributed by atoms with Gasteiger partial charge in [-0.2, -0.15) is 0 Å². The summed E-state index contributed by atoms with van der Waals surface area (Å²) < 4.78 is 2.29. The highest BCUT2D eigenvalue weighted by molar-refractivity contribution is 5.96. The number of aromatic nitrogens is 2. The third kappa shape index (κ3) is 3.31. The molecule has 3 aromatic carbocycles. The Morgan fingerprint density at radius 3 is 2.59 bits per heavy atom. The number of carbonyl (C=O) groups excluding carboxylic acids is 1. The Morgan fingerprint density at radius 2 is 1.76 bits per heavy atom. The molecule has 2 heterocycles. The minimum atomic E-state index is 0.0833. The van der Waals surface area contributed by atoms with Crippen molar-refractivity contribution in [1.29, 1.82) is 0 Å². The Kier molecular flexibility index (Phi) is 4.39. The van der Waals surface area contributed by atoms with E-state index in [2.05, 4.69) is 54.0 Å². The molecule has 1 saturated heterocycles. The maximum Gasteiger partial charge on any atom is 0.227 e. The molecular formula is C25H23N3O. The first-order chi connectivity index (χ1) is 14.2. The van der Waals surface area contributed by atoms with E-state index >= 15 is 0 Å². The Bertz CT molecular complexity index is 1180. The number of nitrogens with zero attached hydrogens (tertiary/aromatic N) is 3. The van der Waals surface area contributed by atoms with E-state index in [4.69, 9.17) is 4.98 Å². The number of benzene rings is 3. The van der Waals surface area contributed by atoms with Crippen LogP contribution in [0.3, 0.4) is 0 Å². The number of imidazole rings is 1. The van der Waals surface area contributed by atoms with E-state index in [0.717, 1.165) is 29.1 Å². The summed E-state index contributed by atoms with van der Waals surface area (Å²) >= 11 is 0. The van der Waals surface area contributed by atoms with Crippen LogP contribution in [-0.2, 0) is 11.3 Å². The van der Waals surface area contributed by atoms with Crippen LogP contribution in [0.2, 0.25) is 0 Å². The van der Waals surface area contributed by atoms with Crippen LogP contribution < -0.4 is 4.90 Å². The Labute approximate surface area is 170 Å². The van der Waals surface area contributed by atoms with Gasteiger partial charge in [-0.25, -0.2) is 4.98 Å². The molecule has 4 nitrogen and oxygen atoms in total. The van der Waals surface area contributed by atoms with Gasteiger partial charge in [0.05, 0.1) is 11.0 Å². The maximum atomic E-state index is 12.8. The fourth-order valence-electron chi connectivity index (χ4n) is 4.30.